The number of rotatable bonds is 5. The Kier molecular flexibility index (Phi) is 5.61. The molecule has 2 N–H and O–H groups in total. The smallest absolute Gasteiger partial charge is 0.142 e. The van der Waals surface area contributed by atoms with Crippen LogP contribution in [0.25, 0.3) is 0 Å². The first-order valence-electron chi connectivity index (χ1n) is 6.97. The Morgan fingerprint density at radius 3 is 2.74 bits per heavy atom. The van der Waals surface area contributed by atoms with Gasteiger partial charge < -0.3 is 10.4 Å². The lowest BCUT2D eigenvalue weighted by molar-refractivity contribution is 0.133. The van der Waals surface area contributed by atoms with Crippen LogP contribution in [0.1, 0.15) is 31.2 Å². The van der Waals surface area contributed by atoms with Gasteiger partial charge in [0.1, 0.15) is 5.82 Å². The van der Waals surface area contributed by atoms with Crippen molar-refractivity contribution in [2.45, 2.75) is 32.2 Å². The van der Waals surface area contributed by atoms with Crippen LogP contribution in [-0.4, -0.2) is 18.3 Å². The lowest BCUT2D eigenvalue weighted by Crippen LogP contribution is -2.32. The van der Waals surface area contributed by atoms with Crippen molar-refractivity contribution >= 4 is 11.6 Å². The first-order chi connectivity index (χ1) is 9.22. The quantitative estimate of drug-likeness (QED) is 0.869. The van der Waals surface area contributed by atoms with E-state index in [9.17, 15) is 9.50 Å². The molecule has 1 aliphatic rings. The summed E-state index contributed by atoms with van der Waals surface area (Å²) in [4.78, 5) is 0. The zero-order valence-electron chi connectivity index (χ0n) is 11.0. The number of benzene rings is 1. The van der Waals surface area contributed by atoms with Crippen molar-refractivity contribution in [3.8, 4) is 0 Å². The molecule has 0 radical (unpaired) electrons. The van der Waals surface area contributed by atoms with Gasteiger partial charge in [0.25, 0.3) is 0 Å². The fourth-order valence-electron chi connectivity index (χ4n) is 2.87. The molecule has 2 nitrogen and oxygen atoms in total. The molecule has 19 heavy (non-hydrogen) atoms. The van der Waals surface area contributed by atoms with Crippen molar-refractivity contribution < 1.29 is 9.50 Å². The van der Waals surface area contributed by atoms with E-state index < -0.39 is 0 Å². The summed E-state index contributed by atoms with van der Waals surface area (Å²) >= 11 is 5.92. The fourth-order valence-corrected chi connectivity index (χ4v) is 3.06. The summed E-state index contributed by atoms with van der Waals surface area (Å²) in [5.41, 5.74) is 0.790. The standard InChI is InChI=1S/C15H21ClFNO/c16-15-12(6-3-7-14(15)17)9-18-8-11-4-1-2-5-13(11)10-19/h3,6-7,11,13,18-19H,1-2,4-5,8-10H2. The first-order valence-corrected chi connectivity index (χ1v) is 7.34. The van der Waals surface area contributed by atoms with Gasteiger partial charge in [-0.3, -0.25) is 0 Å². The highest BCUT2D eigenvalue weighted by Crippen LogP contribution is 2.29. The SMILES string of the molecule is OCC1CCCCC1CNCc1cccc(F)c1Cl. The molecule has 0 bridgehead atoms. The first kappa shape index (κ1) is 14.8. The zero-order chi connectivity index (χ0) is 13.7. The van der Waals surface area contributed by atoms with Gasteiger partial charge in [-0.25, -0.2) is 4.39 Å². The average molecular weight is 286 g/mol. The maximum absolute atomic E-state index is 13.3. The van der Waals surface area contributed by atoms with Crippen LogP contribution >= 0.6 is 11.6 Å². The van der Waals surface area contributed by atoms with Crippen LogP contribution in [0.5, 0.6) is 0 Å². The average Bonchev–Trinajstić information content (AvgIpc) is 2.44. The fraction of sp³-hybridized carbons (Fsp3) is 0.600. The predicted octanol–water partition coefficient (Wildman–Crippen LogP) is 3.37. The molecule has 1 aromatic rings. The minimum absolute atomic E-state index is 0.206. The molecule has 2 rings (SSSR count). The van der Waals surface area contributed by atoms with E-state index in [1.54, 1.807) is 6.07 Å². The Labute approximate surface area is 119 Å². The largest absolute Gasteiger partial charge is 0.396 e. The van der Waals surface area contributed by atoms with Gasteiger partial charge in [-0.2, -0.15) is 0 Å². The third-order valence-corrected chi connectivity index (χ3v) is 4.48. The molecule has 0 saturated heterocycles. The maximum Gasteiger partial charge on any atom is 0.142 e. The van der Waals surface area contributed by atoms with Gasteiger partial charge in [0.05, 0.1) is 5.02 Å². The van der Waals surface area contributed by atoms with Gasteiger partial charge in [0.2, 0.25) is 0 Å². The summed E-state index contributed by atoms with van der Waals surface area (Å²) in [6, 6.07) is 4.88. The molecule has 0 spiro atoms. The molecule has 0 amide bonds. The second kappa shape index (κ2) is 7.22. The van der Waals surface area contributed by atoms with Crippen molar-refractivity contribution in [3.63, 3.8) is 0 Å². The molecule has 106 valence electrons. The summed E-state index contributed by atoms with van der Waals surface area (Å²) in [5, 5.41) is 12.9. The van der Waals surface area contributed by atoms with Crippen LogP contribution in [0.3, 0.4) is 0 Å². The summed E-state index contributed by atoms with van der Waals surface area (Å²) in [6.45, 7) is 1.70. The van der Waals surface area contributed by atoms with E-state index >= 15 is 0 Å². The Hall–Kier alpha value is -0.640. The van der Waals surface area contributed by atoms with Crippen molar-refractivity contribution in [1.82, 2.24) is 5.32 Å². The van der Waals surface area contributed by atoms with Crippen LogP contribution in [0.15, 0.2) is 18.2 Å². The monoisotopic (exact) mass is 285 g/mol. The number of nitrogens with one attached hydrogen (secondary N) is 1. The Morgan fingerprint density at radius 1 is 1.26 bits per heavy atom. The van der Waals surface area contributed by atoms with Gasteiger partial charge >= 0.3 is 0 Å². The molecule has 0 aliphatic heterocycles. The van der Waals surface area contributed by atoms with Crippen LogP contribution in [0.4, 0.5) is 4.39 Å². The van der Waals surface area contributed by atoms with E-state index in [-0.39, 0.29) is 17.4 Å². The molecule has 1 aromatic carbocycles. The summed E-state index contributed by atoms with van der Waals surface area (Å²) < 4.78 is 13.3. The van der Waals surface area contributed by atoms with Crippen LogP contribution < -0.4 is 5.32 Å². The van der Waals surface area contributed by atoms with E-state index in [0.717, 1.165) is 24.9 Å². The molecular weight excluding hydrogens is 265 g/mol. The highest BCUT2D eigenvalue weighted by Gasteiger charge is 2.23. The van der Waals surface area contributed by atoms with Gasteiger partial charge in [-0.15, -0.1) is 0 Å². The topological polar surface area (TPSA) is 32.3 Å². The summed E-state index contributed by atoms with van der Waals surface area (Å²) in [6.07, 6.45) is 4.74. The molecule has 2 unspecified atom stereocenters. The minimum Gasteiger partial charge on any atom is -0.396 e. The number of hydrogen-bond donors (Lipinski definition) is 2. The Morgan fingerprint density at radius 2 is 2.00 bits per heavy atom. The third-order valence-electron chi connectivity index (χ3n) is 4.05. The molecule has 1 saturated carbocycles. The molecule has 1 fully saturated rings. The van der Waals surface area contributed by atoms with Gasteiger partial charge in [-0.05, 0) is 42.9 Å². The normalized spacial score (nSPS) is 23.5. The van der Waals surface area contributed by atoms with Gasteiger partial charge in [-0.1, -0.05) is 36.6 Å². The van der Waals surface area contributed by atoms with Crippen molar-refractivity contribution in [2.24, 2.45) is 11.8 Å². The number of halogens is 2. The number of hydrogen-bond acceptors (Lipinski definition) is 2. The van der Waals surface area contributed by atoms with Crippen LogP contribution in [0, 0.1) is 17.7 Å². The van der Waals surface area contributed by atoms with Crippen molar-refractivity contribution in [1.29, 1.82) is 0 Å². The van der Waals surface area contributed by atoms with Crippen LogP contribution in [-0.2, 0) is 6.54 Å². The second-order valence-electron chi connectivity index (χ2n) is 5.33. The Bertz CT molecular complexity index is 413. The maximum atomic E-state index is 13.3. The summed E-state index contributed by atoms with van der Waals surface area (Å²) in [7, 11) is 0. The van der Waals surface area contributed by atoms with E-state index in [4.69, 9.17) is 11.6 Å². The zero-order valence-corrected chi connectivity index (χ0v) is 11.8. The minimum atomic E-state index is -0.369. The second-order valence-corrected chi connectivity index (χ2v) is 5.71. The van der Waals surface area contributed by atoms with Gasteiger partial charge in [0.15, 0.2) is 0 Å². The van der Waals surface area contributed by atoms with Crippen LogP contribution in [0.2, 0.25) is 5.02 Å². The lowest BCUT2D eigenvalue weighted by atomic mass is 9.79. The van der Waals surface area contributed by atoms with E-state index in [0.29, 0.717) is 18.4 Å². The molecule has 4 heteroatoms. The van der Waals surface area contributed by atoms with E-state index in [1.165, 1.54) is 18.9 Å². The molecule has 1 aliphatic carbocycles. The lowest BCUT2D eigenvalue weighted by Gasteiger charge is -2.30. The molecule has 2 atom stereocenters. The molecule has 0 heterocycles. The highest BCUT2D eigenvalue weighted by atomic mass is 35.5. The van der Waals surface area contributed by atoms with E-state index in [1.807, 2.05) is 6.07 Å². The van der Waals surface area contributed by atoms with E-state index in [2.05, 4.69) is 5.32 Å². The molecular formula is C15H21ClFNO. The highest BCUT2D eigenvalue weighted by molar-refractivity contribution is 6.31. The summed E-state index contributed by atoms with van der Waals surface area (Å²) in [5.74, 6) is 0.558. The van der Waals surface area contributed by atoms with Crippen molar-refractivity contribution in [3.05, 3.63) is 34.6 Å². The van der Waals surface area contributed by atoms with Gasteiger partial charge in [0, 0.05) is 13.2 Å². The predicted molar refractivity (Wildman–Crippen MR) is 75.7 cm³/mol. The molecule has 0 aromatic heterocycles. The number of aliphatic hydroxyl groups excluding tert-OH is 1. The van der Waals surface area contributed by atoms with Crippen molar-refractivity contribution in [2.75, 3.05) is 13.2 Å². The third kappa shape index (κ3) is 3.91. The number of aliphatic hydroxyl groups is 1. The Balaban J connectivity index is 1.84.